The van der Waals surface area contributed by atoms with E-state index in [9.17, 15) is 14.7 Å². The van der Waals surface area contributed by atoms with Crippen molar-refractivity contribution in [3.63, 3.8) is 0 Å². The number of aromatic nitrogens is 1. The molecule has 0 radical (unpaired) electrons. The molecule has 6 rings (SSSR count). The average molecular weight is 518 g/mol. The second kappa shape index (κ2) is 8.81. The second-order valence-electron chi connectivity index (χ2n) is 9.53. The zero-order valence-corrected chi connectivity index (χ0v) is 21.1. The molecule has 2 aliphatic heterocycles. The normalized spacial score (nSPS) is 14.8. The molecule has 1 unspecified atom stereocenters. The highest BCUT2D eigenvalue weighted by molar-refractivity contribution is 6.29. The summed E-state index contributed by atoms with van der Waals surface area (Å²) in [4.78, 5) is 31.0. The Morgan fingerprint density at radius 1 is 1.16 bits per heavy atom. The van der Waals surface area contributed by atoms with Crippen LogP contribution in [-0.4, -0.2) is 22.7 Å². The highest BCUT2D eigenvalue weighted by Crippen LogP contribution is 2.39. The molecule has 9 heteroatoms. The number of rotatable bonds is 5. The van der Waals surface area contributed by atoms with Crippen molar-refractivity contribution in [2.24, 2.45) is 0 Å². The summed E-state index contributed by atoms with van der Waals surface area (Å²) < 4.78 is 12.3. The van der Waals surface area contributed by atoms with Gasteiger partial charge >= 0.3 is 5.97 Å². The molecular formula is C28H24ClN3O5. The van der Waals surface area contributed by atoms with E-state index in [4.69, 9.17) is 20.8 Å². The van der Waals surface area contributed by atoms with Crippen LogP contribution in [0.15, 0.2) is 51.7 Å². The SMILES string of the molecule is Cc1cc(C(C)Nc2ccc(Cl)nc2C(=O)O)c2oc(N3Cc4ccc5c(c4C3)OCC5)cc(=O)c2c1. The Bertz CT molecular complexity index is 1650. The Kier molecular flexibility index (Phi) is 5.56. The van der Waals surface area contributed by atoms with Gasteiger partial charge in [-0.25, -0.2) is 9.78 Å². The van der Waals surface area contributed by atoms with Crippen molar-refractivity contribution in [1.82, 2.24) is 4.98 Å². The lowest BCUT2D eigenvalue weighted by molar-refractivity contribution is 0.0691. The summed E-state index contributed by atoms with van der Waals surface area (Å²) in [7, 11) is 0. The topological polar surface area (TPSA) is 105 Å². The molecule has 8 nitrogen and oxygen atoms in total. The minimum absolute atomic E-state index is 0.0925. The molecule has 0 saturated carbocycles. The monoisotopic (exact) mass is 517 g/mol. The van der Waals surface area contributed by atoms with Crippen molar-refractivity contribution in [3.05, 3.63) is 91.4 Å². The maximum atomic E-state index is 13.2. The fraction of sp³-hybridized carbons (Fsp3) is 0.250. The molecule has 2 aliphatic rings. The number of aromatic carboxylic acids is 1. The summed E-state index contributed by atoms with van der Waals surface area (Å²) in [5, 5.41) is 13.4. The summed E-state index contributed by atoms with van der Waals surface area (Å²) >= 11 is 5.91. The Morgan fingerprint density at radius 2 is 1.97 bits per heavy atom. The first kappa shape index (κ1) is 23.4. The highest BCUT2D eigenvalue weighted by atomic mass is 35.5. The number of ether oxygens (including phenoxy) is 1. The van der Waals surface area contributed by atoms with Crippen LogP contribution in [0.25, 0.3) is 11.0 Å². The first-order chi connectivity index (χ1) is 17.8. The van der Waals surface area contributed by atoms with E-state index >= 15 is 0 Å². The molecule has 4 heterocycles. The number of nitrogens with zero attached hydrogens (tertiary/aromatic N) is 2. The first-order valence-electron chi connectivity index (χ1n) is 12.0. The van der Waals surface area contributed by atoms with Gasteiger partial charge in [0.2, 0.25) is 5.88 Å². The van der Waals surface area contributed by atoms with E-state index in [1.807, 2.05) is 30.9 Å². The zero-order valence-electron chi connectivity index (χ0n) is 20.3. The molecule has 0 saturated heterocycles. The minimum Gasteiger partial charge on any atom is -0.493 e. The van der Waals surface area contributed by atoms with Gasteiger partial charge in [-0.1, -0.05) is 29.8 Å². The lowest BCUT2D eigenvalue weighted by atomic mass is 10.0. The molecule has 0 fully saturated rings. The fourth-order valence-electron chi connectivity index (χ4n) is 5.21. The van der Waals surface area contributed by atoms with E-state index in [0.717, 1.165) is 28.9 Å². The van der Waals surface area contributed by atoms with E-state index < -0.39 is 12.0 Å². The maximum absolute atomic E-state index is 13.2. The largest absolute Gasteiger partial charge is 0.493 e. The standard InChI is InChI=1S/C28H24ClN3O5/c1-14-9-18(15(2)30-21-5-6-23(29)31-25(21)28(34)35)27-19(10-14)22(33)11-24(37-27)32-12-17-4-3-16-7-8-36-26(16)20(17)13-32/h3-6,9-11,15,30H,7-8,12-13H2,1-2H3,(H,34,35). The molecule has 188 valence electrons. The van der Waals surface area contributed by atoms with Crippen molar-refractivity contribution < 1.29 is 19.1 Å². The van der Waals surface area contributed by atoms with E-state index in [0.29, 0.717) is 42.2 Å². The van der Waals surface area contributed by atoms with Crippen LogP contribution in [0.2, 0.25) is 5.15 Å². The summed E-state index contributed by atoms with van der Waals surface area (Å²) in [5.41, 5.74) is 5.63. The zero-order chi connectivity index (χ0) is 25.8. The first-order valence-corrected chi connectivity index (χ1v) is 12.4. The van der Waals surface area contributed by atoms with Crippen molar-refractivity contribution in [1.29, 1.82) is 0 Å². The summed E-state index contributed by atoms with van der Waals surface area (Å²) in [6.07, 6.45) is 0.911. The van der Waals surface area contributed by atoms with Crippen LogP contribution in [0.4, 0.5) is 11.6 Å². The molecule has 37 heavy (non-hydrogen) atoms. The Morgan fingerprint density at radius 3 is 2.78 bits per heavy atom. The van der Waals surface area contributed by atoms with Crippen LogP contribution in [0.5, 0.6) is 5.75 Å². The molecule has 2 aromatic carbocycles. The van der Waals surface area contributed by atoms with Crippen LogP contribution in [0.3, 0.4) is 0 Å². The van der Waals surface area contributed by atoms with E-state index in [1.54, 1.807) is 12.1 Å². The number of benzene rings is 2. The number of halogens is 1. The number of fused-ring (bicyclic) bond motifs is 4. The predicted octanol–water partition coefficient (Wildman–Crippen LogP) is 5.48. The van der Waals surface area contributed by atoms with Crippen LogP contribution >= 0.6 is 11.6 Å². The predicted molar refractivity (Wildman–Crippen MR) is 141 cm³/mol. The molecule has 0 aliphatic carbocycles. The van der Waals surface area contributed by atoms with Gasteiger partial charge in [0.25, 0.3) is 0 Å². The van der Waals surface area contributed by atoms with Gasteiger partial charge in [0.1, 0.15) is 16.5 Å². The quantitative estimate of drug-likeness (QED) is 0.335. The molecular weight excluding hydrogens is 494 g/mol. The number of hydrogen-bond acceptors (Lipinski definition) is 7. The van der Waals surface area contributed by atoms with Gasteiger partial charge in [-0.3, -0.25) is 4.79 Å². The molecule has 2 N–H and O–H groups in total. The number of hydrogen-bond donors (Lipinski definition) is 2. The third-order valence-electron chi connectivity index (χ3n) is 6.97. The van der Waals surface area contributed by atoms with Gasteiger partial charge in [0, 0.05) is 30.2 Å². The smallest absolute Gasteiger partial charge is 0.356 e. The number of anilines is 2. The Balaban J connectivity index is 1.39. The number of carboxylic acids is 1. The highest BCUT2D eigenvalue weighted by Gasteiger charge is 2.29. The molecule has 1 atom stereocenters. The van der Waals surface area contributed by atoms with Crippen molar-refractivity contribution in [2.45, 2.75) is 39.4 Å². The van der Waals surface area contributed by atoms with E-state index in [2.05, 4.69) is 22.4 Å². The average Bonchev–Trinajstić information content (AvgIpc) is 3.51. The van der Waals surface area contributed by atoms with Gasteiger partial charge in [-0.15, -0.1) is 0 Å². The van der Waals surface area contributed by atoms with Crippen molar-refractivity contribution in [2.75, 3.05) is 16.8 Å². The number of nitrogens with one attached hydrogen (secondary N) is 1. The van der Waals surface area contributed by atoms with E-state index in [-0.39, 0.29) is 16.3 Å². The lowest BCUT2D eigenvalue weighted by Crippen LogP contribution is -2.18. The number of pyridine rings is 1. The second-order valence-corrected chi connectivity index (χ2v) is 9.91. The van der Waals surface area contributed by atoms with Crippen LogP contribution < -0.4 is 20.4 Å². The van der Waals surface area contributed by atoms with Gasteiger partial charge in [-0.2, -0.15) is 0 Å². The summed E-state index contributed by atoms with van der Waals surface area (Å²) in [6, 6.07) is 12.3. The summed E-state index contributed by atoms with van der Waals surface area (Å²) in [5.74, 6) is 0.254. The third-order valence-corrected chi connectivity index (χ3v) is 7.18. The van der Waals surface area contributed by atoms with Crippen molar-refractivity contribution in [3.8, 4) is 5.75 Å². The van der Waals surface area contributed by atoms with Gasteiger partial charge < -0.3 is 24.5 Å². The molecule has 0 spiro atoms. The van der Waals surface area contributed by atoms with E-state index in [1.165, 1.54) is 17.2 Å². The minimum atomic E-state index is -1.19. The molecule has 2 aromatic heterocycles. The van der Waals surface area contributed by atoms with Crippen LogP contribution in [-0.2, 0) is 19.5 Å². The molecule has 0 bridgehead atoms. The Hall–Kier alpha value is -4.04. The summed E-state index contributed by atoms with van der Waals surface area (Å²) in [6.45, 7) is 5.70. The van der Waals surface area contributed by atoms with Crippen LogP contribution in [0, 0.1) is 6.92 Å². The fourth-order valence-corrected chi connectivity index (χ4v) is 5.36. The van der Waals surface area contributed by atoms with Crippen molar-refractivity contribution >= 4 is 40.1 Å². The number of aryl methyl sites for hydroxylation is 1. The lowest BCUT2D eigenvalue weighted by Gasteiger charge is -2.21. The number of carbonyl (C=O) groups is 1. The number of carboxylic acid groups (broad SMARTS) is 1. The van der Waals surface area contributed by atoms with Crippen LogP contribution in [0.1, 0.15) is 51.3 Å². The van der Waals surface area contributed by atoms with Gasteiger partial charge in [0.15, 0.2) is 11.1 Å². The van der Waals surface area contributed by atoms with Gasteiger partial charge in [0.05, 0.1) is 30.3 Å². The Labute approximate surface area is 217 Å². The third kappa shape index (κ3) is 4.07. The van der Waals surface area contributed by atoms with Gasteiger partial charge in [-0.05, 0) is 48.7 Å². The maximum Gasteiger partial charge on any atom is 0.356 e. The molecule has 4 aromatic rings. The molecule has 0 amide bonds.